The molecule has 0 unspecified atom stereocenters. The molecule has 0 radical (unpaired) electrons. The van der Waals surface area contributed by atoms with Crippen molar-refractivity contribution in [3.05, 3.63) is 70.5 Å². The van der Waals surface area contributed by atoms with Crippen molar-refractivity contribution >= 4 is 23.8 Å². The number of rotatable bonds is 7. The third-order valence-electron chi connectivity index (χ3n) is 4.18. The first kappa shape index (κ1) is 19.4. The lowest BCUT2D eigenvalue weighted by molar-refractivity contribution is 0.229. The summed E-state index contributed by atoms with van der Waals surface area (Å²) in [6.45, 7) is 3.76. The molecule has 7 heteroatoms. The Labute approximate surface area is 157 Å². The highest BCUT2D eigenvalue weighted by atomic mass is 31.2. The number of benzene rings is 2. The Morgan fingerprint density at radius 1 is 0.963 bits per heavy atom. The largest absolute Gasteiger partial charge is 0.506 e. The Morgan fingerprint density at radius 3 is 2.19 bits per heavy atom. The van der Waals surface area contributed by atoms with Crippen LogP contribution in [0, 0.1) is 0 Å². The Morgan fingerprint density at radius 2 is 1.56 bits per heavy atom. The number of hydrogen-bond donors (Lipinski definition) is 1. The van der Waals surface area contributed by atoms with E-state index < -0.39 is 13.2 Å². The summed E-state index contributed by atoms with van der Waals surface area (Å²) in [6.07, 6.45) is 0. The highest BCUT2D eigenvalue weighted by molar-refractivity contribution is 7.62. The summed E-state index contributed by atoms with van der Waals surface area (Å²) in [4.78, 5) is 13.3. The monoisotopic (exact) mass is 387 g/mol. The van der Waals surface area contributed by atoms with E-state index in [-0.39, 0.29) is 30.8 Å². The zero-order valence-corrected chi connectivity index (χ0v) is 16.2. The van der Waals surface area contributed by atoms with Crippen LogP contribution in [0.1, 0.15) is 19.4 Å². The van der Waals surface area contributed by atoms with Crippen molar-refractivity contribution in [2.75, 3.05) is 13.2 Å². The minimum Gasteiger partial charge on any atom is -0.506 e. The van der Waals surface area contributed by atoms with Gasteiger partial charge in [-0.2, -0.15) is 0 Å². The van der Waals surface area contributed by atoms with Crippen LogP contribution < -0.4 is 10.9 Å². The van der Waals surface area contributed by atoms with E-state index in [1.54, 1.807) is 38.1 Å². The van der Waals surface area contributed by atoms with Crippen LogP contribution in [-0.4, -0.2) is 22.9 Å². The van der Waals surface area contributed by atoms with Gasteiger partial charge in [0.1, 0.15) is 5.75 Å². The van der Waals surface area contributed by atoms with Gasteiger partial charge in [-0.15, -0.1) is 0 Å². The Bertz CT molecular complexity index is 1040. The Kier molecular flexibility index (Phi) is 5.80. The molecule has 0 atom stereocenters. The van der Waals surface area contributed by atoms with E-state index >= 15 is 0 Å². The van der Waals surface area contributed by atoms with E-state index in [0.29, 0.717) is 10.9 Å². The highest BCUT2D eigenvalue weighted by Crippen LogP contribution is 2.49. The molecular formula is C20H22NO5P. The van der Waals surface area contributed by atoms with Crippen molar-refractivity contribution in [1.29, 1.82) is 0 Å². The normalized spacial score (nSPS) is 11.8. The fourth-order valence-electron chi connectivity index (χ4n) is 3.05. The number of pyridine rings is 1. The number of nitrogens with zero attached hydrogens (tertiary/aromatic N) is 1. The van der Waals surface area contributed by atoms with E-state index in [1.807, 2.05) is 30.3 Å². The molecule has 3 aromatic rings. The molecule has 1 N–H and O–H groups in total. The molecule has 0 aliphatic carbocycles. The second kappa shape index (κ2) is 8.09. The molecule has 0 amide bonds. The maximum absolute atomic E-state index is 13.3. The molecule has 0 aliphatic heterocycles. The molecule has 0 aliphatic rings. The summed E-state index contributed by atoms with van der Waals surface area (Å²) in [7, 11) is -3.97. The van der Waals surface area contributed by atoms with Crippen molar-refractivity contribution in [1.82, 2.24) is 4.57 Å². The molecule has 0 spiro atoms. The fourth-order valence-corrected chi connectivity index (χ4v) is 4.80. The van der Waals surface area contributed by atoms with Crippen molar-refractivity contribution in [3.8, 4) is 5.75 Å². The molecular weight excluding hydrogens is 365 g/mol. The Balaban J connectivity index is 2.32. The fraction of sp³-hybridized carbons (Fsp3) is 0.250. The second-order valence-electron chi connectivity index (χ2n) is 5.92. The quantitative estimate of drug-likeness (QED) is 0.626. The maximum Gasteiger partial charge on any atom is 0.370 e. The molecule has 27 heavy (non-hydrogen) atoms. The molecule has 6 nitrogen and oxygen atoms in total. The average Bonchev–Trinajstić information content (AvgIpc) is 2.66. The lowest BCUT2D eigenvalue weighted by Gasteiger charge is -2.20. The molecule has 1 aromatic heterocycles. The zero-order chi connectivity index (χ0) is 19.4. The number of aromatic hydroxyl groups is 1. The average molecular weight is 387 g/mol. The summed E-state index contributed by atoms with van der Waals surface area (Å²) >= 11 is 0. The molecule has 0 saturated heterocycles. The standard InChI is InChI=1S/C20H22NO5P/c1-3-25-27(24,26-4-2)19-18(22)16-12-8-9-13-17(16)21(20(19)23)14-15-10-6-5-7-11-15/h5-13,22H,3-4,14H2,1-2H3. The minimum absolute atomic E-state index is 0.0850. The van der Waals surface area contributed by atoms with Crippen molar-refractivity contribution < 1.29 is 18.7 Å². The van der Waals surface area contributed by atoms with Crippen LogP contribution in [0.3, 0.4) is 0 Å². The van der Waals surface area contributed by atoms with Crippen LogP contribution in [0.25, 0.3) is 10.9 Å². The van der Waals surface area contributed by atoms with Crippen LogP contribution in [-0.2, 0) is 20.2 Å². The number of para-hydroxylation sites is 1. The van der Waals surface area contributed by atoms with E-state index in [2.05, 4.69) is 0 Å². The summed E-state index contributed by atoms with van der Waals surface area (Å²) in [5, 5.41) is 10.9. The van der Waals surface area contributed by atoms with Crippen LogP contribution in [0.2, 0.25) is 0 Å². The zero-order valence-electron chi connectivity index (χ0n) is 15.3. The van der Waals surface area contributed by atoms with Crippen molar-refractivity contribution in [2.45, 2.75) is 20.4 Å². The molecule has 142 valence electrons. The molecule has 0 fully saturated rings. The SMILES string of the molecule is CCOP(=O)(OCC)c1c(O)c2ccccc2n(Cc2ccccc2)c1=O. The lowest BCUT2D eigenvalue weighted by Crippen LogP contribution is -2.36. The predicted octanol–water partition coefficient (Wildman–Crippen LogP) is 3.65. The number of aromatic nitrogens is 1. The third-order valence-corrected chi connectivity index (χ3v) is 6.32. The number of hydrogen-bond acceptors (Lipinski definition) is 5. The lowest BCUT2D eigenvalue weighted by atomic mass is 10.1. The topological polar surface area (TPSA) is 77.8 Å². The van der Waals surface area contributed by atoms with Crippen molar-refractivity contribution in [2.24, 2.45) is 0 Å². The second-order valence-corrected chi connectivity index (χ2v) is 7.88. The van der Waals surface area contributed by atoms with Crippen LogP contribution in [0.5, 0.6) is 5.75 Å². The van der Waals surface area contributed by atoms with Gasteiger partial charge >= 0.3 is 7.60 Å². The van der Waals surface area contributed by atoms with Gasteiger partial charge in [0.15, 0.2) is 5.30 Å². The van der Waals surface area contributed by atoms with Gasteiger partial charge < -0.3 is 18.7 Å². The predicted molar refractivity (Wildman–Crippen MR) is 106 cm³/mol. The van der Waals surface area contributed by atoms with E-state index in [1.165, 1.54) is 4.57 Å². The van der Waals surface area contributed by atoms with Gasteiger partial charge in [0.2, 0.25) is 0 Å². The molecule has 0 saturated carbocycles. The summed E-state index contributed by atoms with van der Waals surface area (Å²) in [5.41, 5.74) is 0.872. The van der Waals surface area contributed by atoms with Crippen molar-refractivity contribution in [3.63, 3.8) is 0 Å². The van der Waals surface area contributed by atoms with Gasteiger partial charge in [-0.3, -0.25) is 9.36 Å². The Hall–Kier alpha value is -2.40. The molecule has 2 aromatic carbocycles. The van der Waals surface area contributed by atoms with Crippen LogP contribution in [0.15, 0.2) is 59.4 Å². The van der Waals surface area contributed by atoms with Gasteiger partial charge in [-0.05, 0) is 31.5 Å². The van der Waals surface area contributed by atoms with Crippen LogP contribution >= 0.6 is 7.60 Å². The highest BCUT2D eigenvalue weighted by Gasteiger charge is 2.36. The van der Waals surface area contributed by atoms with Gasteiger partial charge in [-0.1, -0.05) is 42.5 Å². The third kappa shape index (κ3) is 3.69. The molecule has 3 rings (SSSR count). The molecule has 0 bridgehead atoms. The van der Waals surface area contributed by atoms with Gasteiger partial charge in [0.25, 0.3) is 5.56 Å². The van der Waals surface area contributed by atoms with E-state index in [0.717, 1.165) is 5.56 Å². The minimum atomic E-state index is -3.97. The number of fused-ring (bicyclic) bond motifs is 1. The molecule has 1 heterocycles. The summed E-state index contributed by atoms with van der Waals surface area (Å²) in [6, 6.07) is 16.4. The van der Waals surface area contributed by atoms with Gasteiger partial charge in [0.05, 0.1) is 25.3 Å². The maximum atomic E-state index is 13.3. The smallest absolute Gasteiger partial charge is 0.370 e. The van der Waals surface area contributed by atoms with E-state index in [9.17, 15) is 14.5 Å². The van der Waals surface area contributed by atoms with Crippen LogP contribution in [0.4, 0.5) is 0 Å². The summed E-state index contributed by atoms with van der Waals surface area (Å²) < 4.78 is 25.4. The summed E-state index contributed by atoms with van der Waals surface area (Å²) in [5.74, 6) is -0.356. The van der Waals surface area contributed by atoms with E-state index in [4.69, 9.17) is 9.05 Å². The first-order chi connectivity index (χ1) is 13.0. The van der Waals surface area contributed by atoms with Gasteiger partial charge in [0, 0.05) is 5.39 Å². The first-order valence-corrected chi connectivity index (χ1v) is 10.3. The first-order valence-electron chi connectivity index (χ1n) is 8.80. The van der Waals surface area contributed by atoms with Gasteiger partial charge in [-0.25, -0.2) is 0 Å².